The van der Waals surface area contributed by atoms with Gasteiger partial charge in [0.05, 0.1) is 5.52 Å². The van der Waals surface area contributed by atoms with Crippen molar-refractivity contribution in [3.8, 4) is 0 Å². The van der Waals surface area contributed by atoms with Gasteiger partial charge in [-0.2, -0.15) is 0 Å². The molecule has 3 aromatic rings. The minimum absolute atomic E-state index is 0.0726. The lowest BCUT2D eigenvalue weighted by atomic mass is 10.2. The molecule has 0 unspecified atom stereocenters. The fourth-order valence-corrected chi connectivity index (χ4v) is 2.55. The Morgan fingerprint density at radius 3 is 2.70 bits per heavy atom. The molecule has 0 fully saturated rings. The number of benzene rings is 2. The van der Waals surface area contributed by atoms with Crippen molar-refractivity contribution in [1.29, 1.82) is 0 Å². The predicted octanol–water partition coefficient (Wildman–Crippen LogP) is 2.91. The Balaban J connectivity index is 1.80. The summed E-state index contributed by atoms with van der Waals surface area (Å²) in [5.74, 6) is -0.739. The minimum atomic E-state index is -0.566. The summed E-state index contributed by atoms with van der Waals surface area (Å²) in [7, 11) is 1.71. The highest BCUT2D eigenvalue weighted by atomic mass is 35.5. The number of carbonyl (C=O) groups is 1. The zero-order valence-electron chi connectivity index (χ0n) is 12.5. The van der Waals surface area contributed by atoms with Crippen LogP contribution in [0.4, 0.5) is 0 Å². The van der Waals surface area contributed by atoms with Gasteiger partial charge in [-0.05, 0) is 17.7 Å². The van der Waals surface area contributed by atoms with Gasteiger partial charge in [-0.1, -0.05) is 41.9 Å². The predicted molar refractivity (Wildman–Crippen MR) is 88.4 cm³/mol. The van der Waals surface area contributed by atoms with E-state index in [1.54, 1.807) is 30.1 Å². The van der Waals surface area contributed by atoms with Crippen LogP contribution in [0.15, 0.2) is 57.7 Å². The number of nitrogens with zero attached hydrogens (tertiary/aromatic N) is 2. The number of aromatic nitrogens is 1. The van der Waals surface area contributed by atoms with Crippen LogP contribution in [0.5, 0.6) is 0 Å². The van der Waals surface area contributed by atoms with Gasteiger partial charge in [-0.3, -0.25) is 9.36 Å². The Morgan fingerprint density at radius 2 is 1.96 bits per heavy atom. The van der Waals surface area contributed by atoms with Crippen molar-refractivity contribution < 1.29 is 9.21 Å². The van der Waals surface area contributed by atoms with Crippen LogP contribution in [-0.4, -0.2) is 22.4 Å². The lowest BCUT2D eigenvalue weighted by Gasteiger charge is -2.17. The second-order valence-electron chi connectivity index (χ2n) is 5.30. The van der Waals surface area contributed by atoms with Gasteiger partial charge >= 0.3 is 5.76 Å². The van der Waals surface area contributed by atoms with Crippen LogP contribution >= 0.6 is 11.6 Å². The summed E-state index contributed by atoms with van der Waals surface area (Å²) in [5.41, 5.74) is 1.96. The lowest BCUT2D eigenvalue weighted by molar-refractivity contribution is -0.131. The maximum atomic E-state index is 12.4. The van der Waals surface area contributed by atoms with Gasteiger partial charge in [0.1, 0.15) is 6.54 Å². The lowest BCUT2D eigenvalue weighted by Crippen LogP contribution is -2.32. The Hall–Kier alpha value is -2.53. The Morgan fingerprint density at radius 1 is 1.22 bits per heavy atom. The van der Waals surface area contributed by atoms with E-state index in [9.17, 15) is 9.59 Å². The summed E-state index contributed by atoms with van der Waals surface area (Å²) in [6, 6.07) is 14.6. The van der Waals surface area contributed by atoms with E-state index in [1.807, 2.05) is 30.3 Å². The third kappa shape index (κ3) is 3.29. The first-order valence-corrected chi connectivity index (χ1v) is 7.49. The van der Waals surface area contributed by atoms with Gasteiger partial charge in [0.15, 0.2) is 5.58 Å². The number of hydrogen-bond acceptors (Lipinski definition) is 3. The van der Waals surface area contributed by atoms with Gasteiger partial charge in [0.25, 0.3) is 0 Å². The number of halogens is 1. The monoisotopic (exact) mass is 330 g/mol. The molecule has 23 heavy (non-hydrogen) atoms. The summed E-state index contributed by atoms with van der Waals surface area (Å²) in [5, 5.41) is 0.478. The molecule has 2 aromatic carbocycles. The van der Waals surface area contributed by atoms with E-state index in [4.69, 9.17) is 16.0 Å². The van der Waals surface area contributed by atoms with Crippen LogP contribution in [0.25, 0.3) is 11.1 Å². The molecular weight excluding hydrogens is 316 g/mol. The molecule has 6 heteroatoms. The van der Waals surface area contributed by atoms with Crippen LogP contribution in [0.1, 0.15) is 5.56 Å². The SMILES string of the molecule is CN(Cc1ccccc1)C(=O)Cn1c(=O)oc2cc(Cl)ccc21. The summed E-state index contributed by atoms with van der Waals surface area (Å²) >= 11 is 5.88. The highest BCUT2D eigenvalue weighted by molar-refractivity contribution is 6.31. The normalized spacial score (nSPS) is 10.9. The van der Waals surface area contributed by atoms with Crippen LogP contribution in [0, 0.1) is 0 Å². The maximum Gasteiger partial charge on any atom is 0.420 e. The molecular formula is C17H15ClN2O3. The molecule has 1 aromatic heterocycles. The van der Waals surface area contributed by atoms with Crippen molar-refractivity contribution in [1.82, 2.24) is 9.47 Å². The third-order valence-corrected chi connectivity index (χ3v) is 3.85. The quantitative estimate of drug-likeness (QED) is 0.739. The summed E-state index contributed by atoms with van der Waals surface area (Å²) in [6.45, 7) is 0.410. The van der Waals surface area contributed by atoms with Crippen LogP contribution in [0.2, 0.25) is 5.02 Å². The number of hydrogen-bond donors (Lipinski definition) is 0. The van der Waals surface area contributed by atoms with Crippen LogP contribution in [0.3, 0.4) is 0 Å². The average Bonchev–Trinajstić information content (AvgIpc) is 2.83. The van der Waals surface area contributed by atoms with E-state index in [1.165, 1.54) is 4.57 Å². The molecule has 0 N–H and O–H groups in total. The molecule has 0 atom stereocenters. The van der Waals surface area contributed by atoms with E-state index in [0.29, 0.717) is 22.7 Å². The second-order valence-corrected chi connectivity index (χ2v) is 5.74. The molecule has 118 valence electrons. The molecule has 0 aliphatic rings. The van der Waals surface area contributed by atoms with Gasteiger partial charge < -0.3 is 9.32 Å². The van der Waals surface area contributed by atoms with Crippen molar-refractivity contribution in [2.45, 2.75) is 13.1 Å². The summed E-state index contributed by atoms with van der Waals surface area (Å²) in [4.78, 5) is 25.9. The number of amides is 1. The van der Waals surface area contributed by atoms with Crippen molar-refractivity contribution in [2.75, 3.05) is 7.05 Å². The molecule has 3 rings (SSSR count). The highest BCUT2D eigenvalue weighted by Gasteiger charge is 2.16. The van der Waals surface area contributed by atoms with Crippen LogP contribution in [-0.2, 0) is 17.9 Å². The summed E-state index contributed by atoms with van der Waals surface area (Å²) in [6.07, 6.45) is 0. The topological polar surface area (TPSA) is 55.5 Å². The highest BCUT2D eigenvalue weighted by Crippen LogP contribution is 2.18. The first-order chi connectivity index (χ1) is 11.0. The first-order valence-electron chi connectivity index (χ1n) is 7.11. The molecule has 0 aliphatic carbocycles. The number of rotatable bonds is 4. The van der Waals surface area contributed by atoms with E-state index < -0.39 is 5.76 Å². The van der Waals surface area contributed by atoms with E-state index in [-0.39, 0.29) is 12.5 Å². The Kier molecular flexibility index (Phi) is 4.21. The Labute approximate surface area is 137 Å². The van der Waals surface area contributed by atoms with Gasteiger partial charge in [-0.25, -0.2) is 4.79 Å². The first kappa shape index (κ1) is 15.4. The number of oxazole rings is 1. The average molecular weight is 331 g/mol. The largest absolute Gasteiger partial charge is 0.420 e. The van der Waals surface area contributed by atoms with E-state index in [0.717, 1.165) is 5.56 Å². The Bertz CT molecular complexity index is 899. The smallest absolute Gasteiger partial charge is 0.408 e. The molecule has 1 amide bonds. The van der Waals surface area contributed by atoms with Crippen molar-refractivity contribution in [2.24, 2.45) is 0 Å². The fraction of sp³-hybridized carbons (Fsp3) is 0.176. The molecule has 5 nitrogen and oxygen atoms in total. The van der Waals surface area contributed by atoms with Crippen LogP contribution < -0.4 is 5.76 Å². The number of carbonyl (C=O) groups excluding carboxylic acids is 1. The minimum Gasteiger partial charge on any atom is -0.408 e. The van der Waals surface area contributed by atoms with Crippen molar-refractivity contribution in [3.05, 3.63) is 69.7 Å². The van der Waals surface area contributed by atoms with Gasteiger partial charge in [-0.15, -0.1) is 0 Å². The molecule has 0 saturated heterocycles. The third-order valence-electron chi connectivity index (χ3n) is 3.61. The molecule has 0 saturated carbocycles. The van der Waals surface area contributed by atoms with E-state index >= 15 is 0 Å². The summed E-state index contributed by atoms with van der Waals surface area (Å²) < 4.78 is 6.45. The fourth-order valence-electron chi connectivity index (χ4n) is 2.39. The molecule has 0 aliphatic heterocycles. The van der Waals surface area contributed by atoms with Gasteiger partial charge in [0, 0.05) is 24.7 Å². The molecule has 0 spiro atoms. The molecule has 0 radical (unpaired) electrons. The second kappa shape index (κ2) is 6.30. The zero-order chi connectivity index (χ0) is 16.4. The standard InChI is InChI=1S/C17H15ClN2O3/c1-19(10-12-5-3-2-4-6-12)16(21)11-20-14-8-7-13(18)9-15(14)23-17(20)22/h2-9H,10-11H2,1H3. The zero-order valence-corrected chi connectivity index (χ0v) is 13.3. The number of likely N-dealkylation sites (N-methyl/N-ethyl adjacent to an activating group) is 1. The van der Waals surface area contributed by atoms with E-state index in [2.05, 4.69) is 0 Å². The van der Waals surface area contributed by atoms with Gasteiger partial charge in [0.2, 0.25) is 5.91 Å². The van der Waals surface area contributed by atoms with Crippen molar-refractivity contribution >= 4 is 28.6 Å². The number of fused-ring (bicyclic) bond motifs is 1. The van der Waals surface area contributed by atoms with Crippen molar-refractivity contribution in [3.63, 3.8) is 0 Å². The maximum absolute atomic E-state index is 12.4. The molecule has 0 bridgehead atoms. The molecule has 1 heterocycles.